The lowest BCUT2D eigenvalue weighted by molar-refractivity contribution is -0.122. The molecule has 0 aromatic heterocycles. The van der Waals surface area contributed by atoms with Gasteiger partial charge in [-0.25, -0.2) is 0 Å². The minimum atomic E-state index is -0.205. The van der Waals surface area contributed by atoms with E-state index in [-0.39, 0.29) is 18.4 Å². The van der Waals surface area contributed by atoms with Crippen molar-refractivity contribution in [2.24, 2.45) is 0 Å². The summed E-state index contributed by atoms with van der Waals surface area (Å²) >= 11 is 3.20. The van der Waals surface area contributed by atoms with Crippen molar-refractivity contribution in [1.82, 2.24) is 5.32 Å². The van der Waals surface area contributed by atoms with Gasteiger partial charge in [-0.1, -0.05) is 22.0 Å². The minimum absolute atomic E-state index is 0.0463. The highest BCUT2D eigenvalue weighted by molar-refractivity contribution is 9.09. The zero-order valence-corrected chi connectivity index (χ0v) is 11.6. The summed E-state index contributed by atoms with van der Waals surface area (Å²) in [6, 6.07) is 6.92. The van der Waals surface area contributed by atoms with Crippen molar-refractivity contribution in [3.05, 3.63) is 24.3 Å². The van der Waals surface area contributed by atoms with Gasteiger partial charge in [-0.2, -0.15) is 0 Å². The molecule has 0 saturated carbocycles. The maximum absolute atomic E-state index is 11.4. The SMILES string of the molecule is CNC(=O)COc1cccc(NC(=O)CCBr)c1. The van der Waals surface area contributed by atoms with E-state index in [1.54, 1.807) is 31.3 Å². The van der Waals surface area contributed by atoms with Crippen LogP contribution in [-0.4, -0.2) is 30.8 Å². The zero-order valence-electron chi connectivity index (χ0n) is 10.0. The lowest BCUT2D eigenvalue weighted by Crippen LogP contribution is -2.24. The van der Waals surface area contributed by atoms with E-state index in [2.05, 4.69) is 26.6 Å². The summed E-state index contributed by atoms with van der Waals surface area (Å²) in [7, 11) is 1.54. The van der Waals surface area contributed by atoms with Crippen LogP contribution in [0.3, 0.4) is 0 Å². The molecule has 0 fully saturated rings. The molecule has 0 bridgehead atoms. The summed E-state index contributed by atoms with van der Waals surface area (Å²) in [5, 5.41) is 5.81. The van der Waals surface area contributed by atoms with E-state index in [1.165, 1.54) is 0 Å². The van der Waals surface area contributed by atoms with E-state index < -0.39 is 0 Å². The van der Waals surface area contributed by atoms with Gasteiger partial charge in [0.05, 0.1) is 0 Å². The van der Waals surface area contributed by atoms with Crippen LogP contribution < -0.4 is 15.4 Å². The van der Waals surface area contributed by atoms with Crippen LogP contribution in [-0.2, 0) is 9.59 Å². The molecule has 0 spiro atoms. The summed E-state index contributed by atoms with van der Waals surface area (Å²) < 4.78 is 5.27. The fourth-order valence-electron chi connectivity index (χ4n) is 1.19. The third-order valence-corrected chi connectivity index (χ3v) is 2.48. The molecule has 0 atom stereocenters. The summed E-state index contributed by atoms with van der Waals surface area (Å²) in [5.41, 5.74) is 0.648. The zero-order chi connectivity index (χ0) is 13.4. The third kappa shape index (κ3) is 5.18. The van der Waals surface area contributed by atoms with Crippen LogP contribution in [0.25, 0.3) is 0 Å². The molecule has 2 amide bonds. The highest BCUT2D eigenvalue weighted by Gasteiger charge is 2.03. The molecule has 0 aliphatic heterocycles. The van der Waals surface area contributed by atoms with Gasteiger partial charge in [0, 0.05) is 30.6 Å². The van der Waals surface area contributed by atoms with E-state index >= 15 is 0 Å². The first-order valence-electron chi connectivity index (χ1n) is 5.45. The van der Waals surface area contributed by atoms with E-state index in [0.717, 1.165) is 0 Å². The molecule has 18 heavy (non-hydrogen) atoms. The van der Waals surface area contributed by atoms with Crippen molar-refractivity contribution in [3.63, 3.8) is 0 Å². The number of anilines is 1. The van der Waals surface area contributed by atoms with Gasteiger partial charge < -0.3 is 15.4 Å². The summed E-state index contributed by atoms with van der Waals surface area (Å²) in [6.07, 6.45) is 0.406. The Labute approximate surface area is 114 Å². The summed E-state index contributed by atoms with van der Waals surface area (Å²) in [6.45, 7) is -0.0463. The topological polar surface area (TPSA) is 67.4 Å². The number of likely N-dealkylation sites (N-methyl/N-ethyl adjacent to an activating group) is 1. The minimum Gasteiger partial charge on any atom is -0.484 e. The van der Waals surface area contributed by atoms with Crippen molar-refractivity contribution in [1.29, 1.82) is 0 Å². The second-order valence-corrected chi connectivity index (χ2v) is 4.27. The summed E-state index contributed by atoms with van der Waals surface area (Å²) in [5.74, 6) is 0.259. The standard InChI is InChI=1S/C12H15BrN2O3/c1-14-12(17)8-18-10-4-2-3-9(7-10)15-11(16)5-6-13/h2-4,7H,5-6,8H2,1H3,(H,14,17)(H,15,16). The Hall–Kier alpha value is -1.56. The number of carbonyl (C=O) groups is 2. The van der Waals surface area contributed by atoms with Gasteiger partial charge in [-0.05, 0) is 12.1 Å². The molecule has 0 aliphatic rings. The number of hydrogen-bond donors (Lipinski definition) is 2. The van der Waals surface area contributed by atoms with Crippen molar-refractivity contribution < 1.29 is 14.3 Å². The predicted octanol–water partition coefficient (Wildman–Crippen LogP) is 1.53. The molecule has 98 valence electrons. The number of benzene rings is 1. The average Bonchev–Trinajstić information content (AvgIpc) is 2.36. The maximum Gasteiger partial charge on any atom is 0.257 e. The third-order valence-electron chi connectivity index (χ3n) is 2.09. The first kappa shape index (κ1) is 14.5. The number of alkyl halides is 1. The van der Waals surface area contributed by atoms with Gasteiger partial charge in [0.25, 0.3) is 5.91 Å². The van der Waals surface area contributed by atoms with Crippen LogP contribution in [0.15, 0.2) is 24.3 Å². The molecule has 5 nitrogen and oxygen atoms in total. The lowest BCUT2D eigenvalue weighted by atomic mass is 10.3. The number of carbonyl (C=O) groups excluding carboxylic acids is 2. The first-order chi connectivity index (χ1) is 8.65. The average molecular weight is 315 g/mol. The molecule has 1 aromatic carbocycles. The lowest BCUT2D eigenvalue weighted by Gasteiger charge is -2.08. The van der Waals surface area contributed by atoms with Gasteiger partial charge in [0.15, 0.2) is 6.61 Å². The highest BCUT2D eigenvalue weighted by Crippen LogP contribution is 2.17. The van der Waals surface area contributed by atoms with Gasteiger partial charge in [0.1, 0.15) is 5.75 Å². The van der Waals surface area contributed by atoms with E-state index in [0.29, 0.717) is 23.2 Å². The second-order valence-electron chi connectivity index (χ2n) is 3.48. The summed E-state index contributed by atoms with van der Waals surface area (Å²) in [4.78, 5) is 22.4. The van der Waals surface area contributed by atoms with Gasteiger partial charge in [-0.3, -0.25) is 9.59 Å². The fraction of sp³-hybridized carbons (Fsp3) is 0.333. The molecule has 0 aliphatic carbocycles. The molecule has 0 unspecified atom stereocenters. The van der Waals surface area contributed by atoms with Crippen LogP contribution in [0.4, 0.5) is 5.69 Å². The molecule has 2 N–H and O–H groups in total. The number of ether oxygens (including phenoxy) is 1. The van der Waals surface area contributed by atoms with Gasteiger partial charge >= 0.3 is 0 Å². The van der Waals surface area contributed by atoms with Crippen LogP contribution in [0.2, 0.25) is 0 Å². The van der Waals surface area contributed by atoms with Crippen molar-refractivity contribution >= 4 is 33.4 Å². The predicted molar refractivity (Wildman–Crippen MR) is 73.0 cm³/mol. The molecule has 0 heterocycles. The molecule has 1 aromatic rings. The fourth-order valence-corrected chi connectivity index (χ4v) is 1.55. The van der Waals surface area contributed by atoms with Crippen molar-refractivity contribution in [3.8, 4) is 5.75 Å². The molecule has 1 rings (SSSR count). The number of halogens is 1. The second kappa shape index (κ2) is 7.71. The Morgan fingerprint density at radius 3 is 2.78 bits per heavy atom. The normalized spacial score (nSPS) is 9.67. The molecular formula is C12H15BrN2O3. The Bertz CT molecular complexity index is 424. The molecule has 0 radical (unpaired) electrons. The van der Waals surface area contributed by atoms with Crippen LogP contribution >= 0.6 is 15.9 Å². The molecule has 0 saturated heterocycles. The first-order valence-corrected chi connectivity index (χ1v) is 6.57. The smallest absolute Gasteiger partial charge is 0.257 e. The number of amides is 2. The van der Waals surface area contributed by atoms with E-state index in [1.807, 2.05) is 0 Å². The van der Waals surface area contributed by atoms with Crippen molar-refractivity contribution in [2.75, 3.05) is 24.3 Å². The van der Waals surface area contributed by atoms with Crippen LogP contribution in [0.1, 0.15) is 6.42 Å². The Balaban J connectivity index is 2.56. The highest BCUT2D eigenvalue weighted by atomic mass is 79.9. The van der Waals surface area contributed by atoms with Crippen molar-refractivity contribution in [2.45, 2.75) is 6.42 Å². The van der Waals surface area contributed by atoms with Gasteiger partial charge in [0.2, 0.25) is 5.91 Å². The Kier molecular flexibility index (Phi) is 6.21. The van der Waals surface area contributed by atoms with Gasteiger partial charge in [-0.15, -0.1) is 0 Å². The van der Waals surface area contributed by atoms with Crippen LogP contribution in [0, 0.1) is 0 Å². The van der Waals surface area contributed by atoms with Crippen LogP contribution in [0.5, 0.6) is 5.75 Å². The monoisotopic (exact) mass is 314 g/mol. The van der Waals surface area contributed by atoms with E-state index in [9.17, 15) is 9.59 Å². The largest absolute Gasteiger partial charge is 0.484 e. The number of hydrogen-bond acceptors (Lipinski definition) is 3. The quantitative estimate of drug-likeness (QED) is 0.783. The molecular weight excluding hydrogens is 300 g/mol. The number of rotatable bonds is 6. The molecule has 6 heteroatoms. The van der Waals surface area contributed by atoms with E-state index in [4.69, 9.17) is 4.74 Å². The Morgan fingerprint density at radius 2 is 2.11 bits per heavy atom. The number of nitrogens with one attached hydrogen (secondary N) is 2. The Morgan fingerprint density at radius 1 is 1.33 bits per heavy atom. The maximum atomic E-state index is 11.4.